The van der Waals surface area contributed by atoms with Crippen molar-refractivity contribution in [2.45, 2.75) is 0 Å². The molecule has 0 unspecified atom stereocenters. The third-order valence-corrected chi connectivity index (χ3v) is 3.41. The van der Waals surface area contributed by atoms with Crippen LogP contribution in [0.2, 0.25) is 0 Å². The first-order chi connectivity index (χ1) is 10.5. The van der Waals surface area contributed by atoms with E-state index >= 15 is 0 Å². The topological polar surface area (TPSA) is 68.3 Å². The standard InChI is InChI=1S/C14H9Br2FN2O3/c15-9-1-2-12(11(17)4-9)19-13(20)7-22-14(21)8-3-10(16)6-18-5-8/h1-6H,7H2,(H,19,20). The molecule has 8 heteroatoms. The van der Waals surface area contributed by atoms with Gasteiger partial charge in [-0.1, -0.05) is 15.9 Å². The van der Waals surface area contributed by atoms with Crippen LogP contribution in [0.5, 0.6) is 0 Å². The van der Waals surface area contributed by atoms with E-state index in [1.807, 2.05) is 0 Å². The van der Waals surface area contributed by atoms with Crippen LogP contribution in [0, 0.1) is 5.82 Å². The van der Waals surface area contributed by atoms with Crippen LogP contribution in [-0.2, 0) is 9.53 Å². The number of pyridine rings is 1. The summed E-state index contributed by atoms with van der Waals surface area (Å²) in [6, 6.07) is 5.71. The first-order valence-corrected chi connectivity index (χ1v) is 7.57. The lowest BCUT2D eigenvalue weighted by Crippen LogP contribution is -2.21. The fraction of sp³-hybridized carbons (Fsp3) is 0.0714. The van der Waals surface area contributed by atoms with E-state index in [1.54, 1.807) is 6.07 Å². The lowest BCUT2D eigenvalue weighted by molar-refractivity contribution is -0.119. The number of halogens is 3. The molecule has 114 valence electrons. The zero-order chi connectivity index (χ0) is 16.1. The van der Waals surface area contributed by atoms with Crippen molar-refractivity contribution in [3.63, 3.8) is 0 Å². The first kappa shape index (κ1) is 16.6. The molecule has 0 saturated carbocycles. The summed E-state index contributed by atoms with van der Waals surface area (Å²) in [5.74, 6) is -1.93. The number of carbonyl (C=O) groups is 2. The Balaban J connectivity index is 1.91. The second-order valence-corrected chi connectivity index (χ2v) is 5.97. The van der Waals surface area contributed by atoms with Crippen LogP contribution in [0.3, 0.4) is 0 Å². The van der Waals surface area contributed by atoms with E-state index < -0.39 is 24.3 Å². The summed E-state index contributed by atoms with van der Waals surface area (Å²) in [7, 11) is 0. The van der Waals surface area contributed by atoms with Gasteiger partial charge in [0, 0.05) is 21.3 Å². The van der Waals surface area contributed by atoms with E-state index in [-0.39, 0.29) is 11.3 Å². The number of anilines is 1. The zero-order valence-electron chi connectivity index (χ0n) is 11.0. The molecule has 0 fully saturated rings. The van der Waals surface area contributed by atoms with Crippen molar-refractivity contribution in [2.24, 2.45) is 0 Å². The largest absolute Gasteiger partial charge is 0.452 e. The molecule has 0 saturated heterocycles. The van der Waals surface area contributed by atoms with E-state index in [9.17, 15) is 14.0 Å². The Hall–Kier alpha value is -1.80. The SMILES string of the molecule is O=C(COC(=O)c1cncc(Br)c1)Nc1ccc(Br)cc1F. The fourth-order valence-corrected chi connectivity index (χ4v) is 2.21. The van der Waals surface area contributed by atoms with Crippen LogP contribution in [0.4, 0.5) is 10.1 Å². The number of aromatic nitrogens is 1. The number of amides is 1. The minimum Gasteiger partial charge on any atom is -0.452 e. The van der Waals surface area contributed by atoms with Gasteiger partial charge in [-0.25, -0.2) is 9.18 Å². The van der Waals surface area contributed by atoms with Crippen molar-refractivity contribution in [3.8, 4) is 0 Å². The van der Waals surface area contributed by atoms with Gasteiger partial charge in [0.2, 0.25) is 0 Å². The average Bonchev–Trinajstić information content (AvgIpc) is 2.47. The minimum absolute atomic E-state index is 0.00775. The lowest BCUT2D eigenvalue weighted by atomic mass is 10.3. The maximum Gasteiger partial charge on any atom is 0.340 e. The smallest absolute Gasteiger partial charge is 0.340 e. The summed E-state index contributed by atoms with van der Waals surface area (Å²) in [6.07, 6.45) is 2.83. The highest BCUT2D eigenvalue weighted by Crippen LogP contribution is 2.19. The Kier molecular flexibility index (Phi) is 5.62. The highest BCUT2D eigenvalue weighted by Gasteiger charge is 2.12. The van der Waals surface area contributed by atoms with Crippen molar-refractivity contribution < 1.29 is 18.7 Å². The third kappa shape index (κ3) is 4.60. The van der Waals surface area contributed by atoms with Crippen LogP contribution in [-0.4, -0.2) is 23.5 Å². The molecule has 22 heavy (non-hydrogen) atoms. The average molecular weight is 432 g/mol. The van der Waals surface area contributed by atoms with E-state index in [0.29, 0.717) is 8.95 Å². The number of nitrogens with one attached hydrogen (secondary N) is 1. The summed E-state index contributed by atoms with van der Waals surface area (Å²) >= 11 is 6.29. The molecule has 0 bridgehead atoms. The maximum absolute atomic E-state index is 13.6. The molecule has 0 aliphatic carbocycles. The van der Waals surface area contributed by atoms with Gasteiger partial charge in [-0.2, -0.15) is 0 Å². The summed E-state index contributed by atoms with van der Waals surface area (Å²) in [6.45, 7) is -0.527. The molecule has 2 rings (SSSR count). The van der Waals surface area contributed by atoms with Crippen LogP contribution in [0.15, 0.2) is 45.6 Å². The normalized spacial score (nSPS) is 10.1. The molecule has 5 nitrogen and oxygen atoms in total. The Morgan fingerprint density at radius 3 is 2.64 bits per heavy atom. The highest BCUT2D eigenvalue weighted by molar-refractivity contribution is 9.10. The number of ether oxygens (including phenoxy) is 1. The van der Waals surface area contributed by atoms with E-state index in [1.165, 1.54) is 30.6 Å². The number of carbonyl (C=O) groups excluding carboxylic acids is 2. The van der Waals surface area contributed by atoms with Crippen LogP contribution in [0.1, 0.15) is 10.4 Å². The molecule has 0 atom stereocenters. The van der Waals surface area contributed by atoms with Crippen LogP contribution in [0.25, 0.3) is 0 Å². The number of rotatable bonds is 4. The number of hydrogen-bond donors (Lipinski definition) is 1. The van der Waals surface area contributed by atoms with Gasteiger partial charge in [-0.3, -0.25) is 9.78 Å². The molecule has 0 aliphatic heterocycles. The first-order valence-electron chi connectivity index (χ1n) is 5.98. The van der Waals surface area contributed by atoms with Gasteiger partial charge in [0.05, 0.1) is 11.3 Å². The Morgan fingerprint density at radius 2 is 1.95 bits per heavy atom. The van der Waals surface area contributed by atoms with Gasteiger partial charge in [-0.05, 0) is 40.2 Å². The Morgan fingerprint density at radius 1 is 1.18 bits per heavy atom. The molecule has 1 aromatic carbocycles. The van der Waals surface area contributed by atoms with E-state index in [0.717, 1.165) is 0 Å². The summed E-state index contributed by atoms with van der Waals surface area (Å²) in [5.41, 5.74) is 0.213. The van der Waals surface area contributed by atoms with Gasteiger partial charge >= 0.3 is 5.97 Å². The maximum atomic E-state index is 13.6. The van der Waals surface area contributed by atoms with Crippen molar-refractivity contribution in [1.29, 1.82) is 0 Å². The molecule has 0 spiro atoms. The second kappa shape index (κ2) is 7.46. The summed E-state index contributed by atoms with van der Waals surface area (Å²) in [5, 5.41) is 2.32. The van der Waals surface area contributed by atoms with Gasteiger partial charge in [-0.15, -0.1) is 0 Å². The number of esters is 1. The molecular formula is C14H9Br2FN2O3. The molecule has 0 aliphatic rings. The van der Waals surface area contributed by atoms with Crippen molar-refractivity contribution in [1.82, 2.24) is 4.98 Å². The molecule has 1 amide bonds. The highest BCUT2D eigenvalue weighted by atomic mass is 79.9. The second-order valence-electron chi connectivity index (χ2n) is 4.14. The van der Waals surface area contributed by atoms with Crippen LogP contribution < -0.4 is 5.32 Å². The van der Waals surface area contributed by atoms with Crippen molar-refractivity contribution in [2.75, 3.05) is 11.9 Å². The monoisotopic (exact) mass is 430 g/mol. The third-order valence-electron chi connectivity index (χ3n) is 2.48. The van der Waals surface area contributed by atoms with E-state index in [4.69, 9.17) is 4.74 Å². The van der Waals surface area contributed by atoms with E-state index in [2.05, 4.69) is 42.2 Å². The Bertz CT molecular complexity index is 725. The van der Waals surface area contributed by atoms with Gasteiger partial charge in [0.1, 0.15) is 5.82 Å². The van der Waals surface area contributed by atoms with Gasteiger partial charge < -0.3 is 10.1 Å². The minimum atomic E-state index is -0.694. The predicted molar refractivity (Wildman–Crippen MR) is 84.9 cm³/mol. The molecular weight excluding hydrogens is 423 g/mol. The summed E-state index contributed by atoms with van der Waals surface area (Å²) in [4.78, 5) is 27.2. The Labute approximate surface area is 142 Å². The number of nitrogens with zero attached hydrogens (tertiary/aromatic N) is 1. The fourth-order valence-electron chi connectivity index (χ4n) is 1.52. The predicted octanol–water partition coefficient (Wildman–Crippen LogP) is 3.54. The molecule has 1 aromatic heterocycles. The van der Waals surface area contributed by atoms with Gasteiger partial charge in [0.15, 0.2) is 6.61 Å². The zero-order valence-corrected chi connectivity index (χ0v) is 14.1. The van der Waals surface area contributed by atoms with Gasteiger partial charge in [0.25, 0.3) is 5.91 Å². The van der Waals surface area contributed by atoms with Crippen LogP contribution >= 0.6 is 31.9 Å². The molecule has 1 heterocycles. The molecule has 0 radical (unpaired) electrons. The quantitative estimate of drug-likeness (QED) is 0.751. The van der Waals surface area contributed by atoms with Crippen molar-refractivity contribution >= 4 is 49.4 Å². The number of benzene rings is 1. The molecule has 1 N–H and O–H groups in total. The van der Waals surface area contributed by atoms with Crippen molar-refractivity contribution in [3.05, 3.63) is 57.0 Å². The summed E-state index contributed by atoms with van der Waals surface area (Å²) < 4.78 is 19.6. The number of hydrogen-bond acceptors (Lipinski definition) is 4. The lowest BCUT2D eigenvalue weighted by Gasteiger charge is -2.07. The molecule has 2 aromatic rings.